The van der Waals surface area contributed by atoms with Gasteiger partial charge in [0.1, 0.15) is 24.4 Å². The van der Waals surface area contributed by atoms with E-state index in [2.05, 4.69) is 118 Å². The van der Waals surface area contributed by atoms with Crippen LogP contribution in [-0.4, -0.2) is 157 Å². The Morgan fingerprint density at radius 3 is 0.981 bits per heavy atom. The first-order valence-electron chi connectivity index (χ1n) is 37.0. The molecule has 0 bridgehead atoms. The Bertz CT molecular complexity index is 3090. The molecular formula is C85H130Cl2O19. The minimum absolute atomic E-state index is 0.0321. The van der Waals surface area contributed by atoms with Crippen molar-refractivity contribution in [1.29, 1.82) is 0 Å². The fourth-order valence-corrected chi connectivity index (χ4v) is 13.1. The molecule has 20 atom stereocenters. The number of aromatic carboxylic acids is 1. The highest BCUT2D eigenvalue weighted by molar-refractivity contribution is 6.67. The number of rotatable bonds is 9. The molecule has 0 aromatic heterocycles. The van der Waals surface area contributed by atoms with E-state index >= 15 is 0 Å². The number of aliphatic hydroxyl groups excluding tert-OH is 5. The minimum atomic E-state index is -1.57. The van der Waals surface area contributed by atoms with Gasteiger partial charge in [-0.2, -0.15) is 0 Å². The number of ether oxygens (including phenoxy) is 6. The molecule has 9 N–H and O–H groups in total. The number of hydrogen-bond donors (Lipinski definition) is 9. The number of aliphatic hydroxyl groups is 5. The topological polar surface area (TPSA) is 306 Å². The third-order valence-electron chi connectivity index (χ3n) is 22.4. The van der Waals surface area contributed by atoms with Crippen molar-refractivity contribution in [3.8, 4) is 17.2 Å². The van der Waals surface area contributed by atoms with E-state index in [0.717, 1.165) is 100 Å². The zero-order valence-corrected chi connectivity index (χ0v) is 69.5. The summed E-state index contributed by atoms with van der Waals surface area (Å²) in [4.78, 5) is 43.6. The molecule has 5 aromatic carbocycles. The summed E-state index contributed by atoms with van der Waals surface area (Å²) in [7, 11) is 2.57. The highest BCUT2D eigenvalue weighted by Crippen LogP contribution is 2.39. The van der Waals surface area contributed by atoms with Crippen LogP contribution in [0.5, 0.6) is 17.2 Å². The summed E-state index contributed by atoms with van der Waals surface area (Å²) in [6.07, 6.45) is -0.763. The normalized spacial score (nSPS) is 27.6. The van der Waals surface area contributed by atoms with Crippen molar-refractivity contribution in [2.24, 2.45) is 53.3 Å². The number of halogens is 2. The van der Waals surface area contributed by atoms with Gasteiger partial charge in [0.25, 0.3) is 5.24 Å². The standard InChI is InChI=1S/C11H14O2.3C11H22O.C10H11ClO.C10H12O2.C8H8O5.C7H7Cl.C6H12O6/c1-7-5-10(11(12)13-4)6-8(2)9(7)3;3*1-6-11-9(4)7(2)8(3)10(5)12-11;2*1-6-4-9(10(11)12)5-7(2)8(6)3;1-13-8(12)4-2-5(9)7(11)6(10)3-4;8-6-7-4-2-1-3-5-7;7-1-2-3(8)4(9)5(10)6(11)12-2/h5-6H,1-4H3;3*7-11H,6H2,1-5H3;4-5H,1-3H3;4-5H,1-3H3,(H,11,12);2-3,9-11H,1H3;1-5H,6H2;2-11H,1H2/t;2*7-,8-,9+,10?,11-;7-,8-,9+,10+,11-;;;;;2-,3-,4+,5-,6?/m.111....1/s1. The van der Waals surface area contributed by atoms with E-state index in [0.29, 0.717) is 76.9 Å². The average Bonchev–Trinajstić information content (AvgIpc) is 0.821. The van der Waals surface area contributed by atoms with Crippen molar-refractivity contribution in [3.63, 3.8) is 0 Å². The number of benzene rings is 5. The molecule has 106 heavy (non-hydrogen) atoms. The lowest BCUT2D eigenvalue weighted by Gasteiger charge is -2.42. The number of phenols is 3. The largest absolute Gasteiger partial charge is 0.504 e. The highest BCUT2D eigenvalue weighted by Gasteiger charge is 2.43. The molecular weight excluding hydrogens is 1400 g/mol. The lowest BCUT2D eigenvalue weighted by molar-refractivity contribution is -0.286. The molecule has 19 nitrogen and oxygen atoms in total. The van der Waals surface area contributed by atoms with Gasteiger partial charge in [0.05, 0.1) is 74.1 Å². The van der Waals surface area contributed by atoms with Gasteiger partial charge in [-0.1, -0.05) is 113 Å². The van der Waals surface area contributed by atoms with Gasteiger partial charge in [-0.05, 0) is 271 Å². The molecule has 5 aromatic rings. The fourth-order valence-electron chi connectivity index (χ4n) is 12.8. The van der Waals surface area contributed by atoms with Crippen molar-refractivity contribution in [2.45, 2.75) is 259 Å². The summed E-state index contributed by atoms with van der Waals surface area (Å²) in [5.74, 6) is 3.69. The molecule has 9 rings (SSSR count). The summed E-state index contributed by atoms with van der Waals surface area (Å²) >= 11 is 10.9. The van der Waals surface area contributed by atoms with Gasteiger partial charge in [-0.15, -0.1) is 11.6 Å². The second-order valence-electron chi connectivity index (χ2n) is 29.1. The Hall–Kier alpha value is -6.20. The van der Waals surface area contributed by atoms with Crippen molar-refractivity contribution in [3.05, 3.63) is 157 Å². The second kappa shape index (κ2) is 47.7. The summed E-state index contributed by atoms with van der Waals surface area (Å²) in [6, 6.07) is 22.7. The van der Waals surface area contributed by atoms with Crippen molar-refractivity contribution >= 4 is 46.4 Å². The van der Waals surface area contributed by atoms with E-state index in [1.54, 1.807) is 12.1 Å². The Kier molecular flexibility index (Phi) is 44.0. The monoisotopic (exact) mass is 1520 g/mol. The summed E-state index contributed by atoms with van der Waals surface area (Å²) < 4.78 is 31.4. The van der Waals surface area contributed by atoms with Crippen molar-refractivity contribution < 1.29 is 93.6 Å². The van der Waals surface area contributed by atoms with Crippen LogP contribution in [-0.2, 0) is 34.3 Å². The SMILES string of the molecule is CC[C@H]1OC(C)[C@H](C)[C@@H](C)[C@@H]1C.CC[C@H]1OC(C)[C@H](C)[C@@H](C)[C@@H]1C.CC[C@H]1O[C@@H](C)[C@H](C)[C@@H](C)[C@@H]1C.COC(=O)c1cc(C)c(C)c(C)c1.COC(=O)c1cc(O)c(O)c(O)c1.Cc1cc(C(=O)Cl)cc(C)c1C.Cc1cc(C(=O)O)cc(C)c1C.ClCc1ccccc1.OC[C@H]1OC(O)[C@H](O)[C@@H](O)[C@@H]1O. The lowest BCUT2D eigenvalue weighted by atomic mass is 9.76. The number of aryl methyl sites for hydroxylation is 6. The van der Waals surface area contributed by atoms with Crippen LogP contribution in [0, 0.1) is 116 Å². The maximum Gasteiger partial charge on any atom is 0.338 e. The molecule has 598 valence electrons. The van der Waals surface area contributed by atoms with Crippen LogP contribution in [0.25, 0.3) is 0 Å². The summed E-state index contributed by atoms with van der Waals surface area (Å²) in [5, 5.41) is 79.9. The number of methoxy groups -OCH3 is 2. The van der Waals surface area contributed by atoms with Crippen molar-refractivity contribution in [1.82, 2.24) is 0 Å². The van der Waals surface area contributed by atoms with Gasteiger partial charge in [0, 0.05) is 11.4 Å². The molecule has 4 fully saturated rings. The molecule has 0 amide bonds. The zero-order chi connectivity index (χ0) is 81.6. The van der Waals surface area contributed by atoms with Crippen LogP contribution in [0.4, 0.5) is 0 Å². The van der Waals surface area contributed by atoms with E-state index in [9.17, 15) is 19.2 Å². The average molecular weight is 1530 g/mol. The van der Waals surface area contributed by atoms with E-state index < -0.39 is 66.5 Å². The van der Waals surface area contributed by atoms with Gasteiger partial charge in [0.2, 0.25) is 0 Å². The number of carboxylic acid groups (broad SMARTS) is 1. The van der Waals surface area contributed by atoms with E-state index in [4.69, 9.17) is 83.4 Å². The first kappa shape index (κ1) is 97.8. The predicted octanol–water partition coefficient (Wildman–Crippen LogP) is 16.8. The minimum Gasteiger partial charge on any atom is -0.504 e. The molecule has 0 saturated carbocycles. The van der Waals surface area contributed by atoms with E-state index in [1.807, 2.05) is 117 Å². The van der Waals surface area contributed by atoms with Crippen LogP contribution < -0.4 is 0 Å². The molecule has 4 heterocycles. The number of phenolic OH excluding ortho intramolecular Hbond substituents is 3. The third kappa shape index (κ3) is 29.7. The maximum absolute atomic E-state index is 11.2. The number of carbonyl (C=O) groups is 4. The molecule has 0 radical (unpaired) electrons. The van der Waals surface area contributed by atoms with Gasteiger partial charge in [0.15, 0.2) is 23.5 Å². The van der Waals surface area contributed by atoms with E-state index in [1.165, 1.54) is 36.5 Å². The zero-order valence-electron chi connectivity index (χ0n) is 68.0. The Morgan fingerprint density at radius 1 is 0.415 bits per heavy atom. The van der Waals surface area contributed by atoms with Crippen molar-refractivity contribution in [2.75, 3.05) is 20.8 Å². The predicted molar refractivity (Wildman–Crippen MR) is 422 cm³/mol. The summed E-state index contributed by atoms with van der Waals surface area (Å²) in [5.41, 5.74) is 12.9. The van der Waals surface area contributed by atoms with Gasteiger partial charge >= 0.3 is 17.9 Å². The molecule has 0 aliphatic carbocycles. The highest BCUT2D eigenvalue weighted by atomic mass is 35.5. The number of carboxylic acids is 1. The number of carbonyl (C=O) groups excluding carboxylic acids is 3. The summed E-state index contributed by atoms with van der Waals surface area (Å²) in [6.45, 7) is 51.6. The van der Waals surface area contributed by atoms with Crippen LogP contribution in [0.3, 0.4) is 0 Å². The number of esters is 2. The Balaban J connectivity index is 0.000000597. The van der Waals surface area contributed by atoms with E-state index in [-0.39, 0.29) is 16.8 Å². The van der Waals surface area contributed by atoms with Gasteiger partial charge in [-0.25, -0.2) is 14.4 Å². The number of alkyl halides is 1. The van der Waals surface area contributed by atoms with Crippen LogP contribution in [0.15, 0.2) is 78.9 Å². The first-order chi connectivity index (χ1) is 49.4. The molecule has 3 unspecified atom stereocenters. The number of hydrogen-bond acceptors (Lipinski definition) is 18. The quantitative estimate of drug-likeness (QED) is 0.0287. The van der Waals surface area contributed by atoms with Gasteiger partial charge in [-0.3, -0.25) is 4.79 Å². The van der Waals surface area contributed by atoms with Crippen LogP contribution in [0.1, 0.15) is 220 Å². The second-order valence-corrected chi connectivity index (χ2v) is 29.7. The number of aromatic hydroxyl groups is 3. The Labute approximate surface area is 643 Å². The lowest BCUT2D eigenvalue weighted by Crippen LogP contribution is -2.58. The smallest absolute Gasteiger partial charge is 0.338 e. The molecule has 4 saturated heterocycles. The Morgan fingerprint density at radius 2 is 0.717 bits per heavy atom. The molecule has 4 aliphatic heterocycles. The van der Waals surface area contributed by atoms with Gasteiger partial charge < -0.3 is 74.4 Å². The maximum atomic E-state index is 11.2. The molecule has 0 spiro atoms. The molecule has 21 heteroatoms. The molecule has 4 aliphatic rings. The fraction of sp³-hybridized carbons (Fsp3) is 0.600. The third-order valence-corrected chi connectivity index (χ3v) is 22.9. The van der Waals surface area contributed by atoms with Crippen LogP contribution in [0.2, 0.25) is 0 Å². The first-order valence-corrected chi connectivity index (χ1v) is 37.9. The van der Waals surface area contributed by atoms with Crippen LogP contribution >= 0.6 is 23.2 Å².